The van der Waals surface area contributed by atoms with Gasteiger partial charge in [0.1, 0.15) is 30.2 Å². The Morgan fingerprint density at radius 1 is 0.917 bits per heavy atom. The first kappa shape index (κ1) is 19.1. The van der Waals surface area contributed by atoms with Crippen LogP contribution >= 0.6 is 0 Å². The van der Waals surface area contributed by atoms with Crippen molar-refractivity contribution in [2.45, 2.75) is 37.3 Å². The third-order valence-electron chi connectivity index (χ3n) is 4.15. The number of methoxy groups -OCH3 is 4. The molecule has 0 aliphatic carbocycles. The summed E-state index contributed by atoms with van der Waals surface area (Å²) in [5.74, 6) is 0.783. The van der Waals surface area contributed by atoms with Crippen LogP contribution in [-0.4, -0.2) is 70.9 Å². The van der Waals surface area contributed by atoms with Crippen LogP contribution in [0.4, 0.5) is 0 Å². The molecule has 1 aromatic rings. The molecule has 7 heteroatoms. The molecule has 136 valence electrons. The predicted octanol–water partition coefficient (Wildman–Crippen LogP) is 0.974. The molecule has 0 aromatic heterocycles. The standard InChI is InChI=1S/C17H26O7/c1-19-12-7-5-11(6-8-12)10-23-14-13(9-18)24-17(22-4)16(21-3)15(14)20-2/h5-8,13-18H,9-10H2,1-4H3/t13-,14-,15+,16-,17+/m1/s1. The Hall–Kier alpha value is -1.22. The highest BCUT2D eigenvalue weighted by atomic mass is 16.7. The van der Waals surface area contributed by atoms with Crippen LogP contribution in [0.2, 0.25) is 0 Å². The van der Waals surface area contributed by atoms with Gasteiger partial charge in [0.2, 0.25) is 0 Å². The van der Waals surface area contributed by atoms with E-state index in [1.807, 2.05) is 24.3 Å². The van der Waals surface area contributed by atoms with E-state index < -0.39 is 30.7 Å². The average Bonchev–Trinajstić information content (AvgIpc) is 2.65. The zero-order valence-corrected chi connectivity index (χ0v) is 14.5. The van der Waals surface area contributed by atoms with E-state index in [0.717, 1.165) is 11.3 Å². The third-order valence-corrected chi connectivity index (χ3v) is 4.15. The van der Waals surface area contributed by atoms with Gasteiger partial charge in [-0.3, -0.25) is 0 Å². The van der Waals surface area contributed by atoms with Gasteiger partial charge in [-0.1, -0.05) is 12.1 Å². The molecule has 1 N–H and O–H groups in total. The van der Waals surface area contributed by atoms with Crippen LogP contribution in [-0.2, 0) is 30.3 Å². The van der Waals surface area contributed by atoms with Gasteiger partial charge < -0.3 is 33.5 Å². The SMILES string of the molecule is COc1ccc(CO[C@H]2[C@H](OC)[C@@H](OC)[C@@H](OC)O[C@@H]2CO)cc1. The first-order valence-electron chi connectivity index (χ1n) is 7.77. The normalized spacial score (nSPS) is 30.3. The zero-order valence-electron chi connectivity index (χ0n) is 14.5. The Labute approximate surface area is 142 Å². The van der Waals surface area contributed by atoms with E-state index in [1.54, 1.807) is 21.3 Å². The van der Waals surface area contributed by atoms with E-state index in [4.69, 9.17) is 28.4 Å². The molecule has 0 bridgehead atoms. The maximum absolute atomic E-state index is 9.64. The zero-order chi connectivity index (χ0) is 17.5. The van der Waals surface area contributed by atoms with Crippen LogP contribution in [0, 0.1) is 0 Å². The number of aliphatic hydroxyl groups is 1. The molecule has 0 saturated carbocycles. The minimum absolute atomic E-state index is 0.205. The van der Waals surface area contributed by atoms with Crippen molar-refractivity contribution in [3.05, 3.63) is 29.8 Å². The fourth-order valence-corrected chi connectivity index (χ4v) is 2.85. The fraction of sp³-hybridized carbons (Fsp3) is 0.647. The summed E-state index contributed by atoms with van der Waals surface area (Å²) in [4.78, 5) is 0. The summed E-state index contributed by atoms with van der Waals surface area (Å²) in [6, 6.07) is 7.58. The summed E-state index contributed by atoms with van der Waals surface area (Å²) >= 11 is 0. The summed E-state index contributed by atoms with van der Waals surface area (Å²) < 4.78 is 33.2. The quantitative estimate of drug-likeness (QED) is 0.754. The molecule has 1 aliphatic rings. The van der Waals surface area contributed by atoms with E-state index in [1.165, 1.54) is 7.11 Å². The van der Waals surface area contributed by atoms with Crippen molar-refractivity contribution in [1.82, 2.24) is 0 Å². The number of rotatable bonds is 8. The van der Waals surface area contributed by atoms with E-state index in [0.29, 0.717) is 6.61 Å². The van der Waals surface area contributed by atoms with E-state index in [2.05, 4.69) is 0 Å². The lowest BCUT2D eigenvalue weighted by Crippen LogP contribution is -2.61. The monoisotopic (exact) mass is 342 g/mol. The van der Waals surface area contributed by atoms with E-state index in [9.17, 15) is 5.11 Å². The molecule has 2 rings (SSSR count). The van der Waals surface area contributed by atoms with Gasteiger partial charge in [0.05, 0.1) is 20.3 Å². The van der Waals surface area contributed by atoms with Crippen molar-refractivity contribution in [3.8, 4) is 5.75 Å². The van der Waals surface area contributed by atoms with Gasteiger partial charge in [0.25, 0.3) is 0 Å². The van der Waals surface area contributed by atoms with Crippen LogP contribution < -0.4 is 4.74 Å². The molecule has 0 radical (unpaired) electrons. The van der Waals surface area contributed by atoms with Gasteiger partial charge in [-0.15, -0.1) is 0 Å². The first-order valence-corrected chi connectivity index (χ1v) is 7.77. The van der Waals surface area contributed by atoms with Crippen molar-refractivity contribution in [1.29, 1.82) is 0 Å². The lowest BCUT2D eigenvalue weighted by Gasteiger charge is -2.44. The van der Waals surface area contributed by atoms with Gasteiger partial charge in [-0.05, 0) is 17.7 Å². The molecule has 24 heavy (non-hydrogen) atoms. The molecular weight excluding hydrogens is 316 g/mol. The second-order valence-corrected chi connectivity index (χ2v) is 5.49. The average molecular weight is 342 g/mol. The molecule has 7 nitrogen and oxygen atoms in total. The van der Waals surface area contributed by atoms with Crippen LogP contribution in [0.1, 0.15) is 5.56 Å². The molecule has 1 aromatic carbocycles. The summed E-state index contributed by atoms with van der Waals surface area (Å²) in [5, 5.41) is 9.64. The highest BCUT2D eigenvalue weighted by Gasteiger charge is 2.47. The summed E-state index contributed by atoms with van der Waals surface area (Å²) in [6.07, 6.45) is -2.56. The summed E-state index contributed by atoms with van der Waals surface area (Å²) in [5.41, 5.74) is 0.977. The number of hydrogen-bond acceptors (Lipinski definition) is 7. The van der Waals surface area contributed by atoms with Crippen molar-refractivity contribution < 1.29 is 33.5 Å². The molecule has 0 spiro atoms. The Morgan fingerprint density at radius 2 is 1.58 bits per heavy atom. The highest BCUT2D eigenvalue weighted by Crippen LogP contribution is 2.28. The molecule has 1 saturated heterocycles. The van der Waals surface area contributed by atoms with Crippen LogP contribution in [0.5, 0.6) is 5.75 Å². The first-order chi connectivity index (χ1) is 11.7. The van der Waals surface area contributed by atoms with Gasteiger partial charge in [0, 0.05) is 21.3 Å². The predicted molar refractivity (Wildman–Crippen MR) is 85.9 cm³/mol. The van der Waals surface area contributed by atoms with E-state index >= 15 is 0 Å². The topological polar surface area (TPSA) is 75.6 Å². The number of hydrogen-bond donors (Lipinski definition) is 1. The number of ether oxygens (including phenoxy) is 6. The largest absolute Gasteiger partial charge is 0.497 e. The molecule has 0 unspecified atom stereocenters. The summed E-state index contributed by atoms with van der Waals surface area (Å²) in [6.45, 7) is 0.145. The molecule has 1 aliphatic heterocycles. The fourth-order valence-electron chi connectivity index (χ4n) is 2.85. The van der Waals surface area contributed by atoms with Gasteiger partial charge in [-0.25, -0.2) is 0 Å². The third kappa shape index (κ3) is 4.24. The van der Waals surface area contributed by atoms with Crippen molar-refractivity contribution in [2.24, 2.45) is 0 Å². The van der Waals surface area contributed by atoms with Gasteiger partial charge in [-0.2, -0.15) is 0 Å². The molecule has 1 fully saturated rings. The highest BCUT2D eigenvalue weighted by molar-refractivity contribution is 5.26. The van der Waals surface area contributed by atoms with Crippen LogP contribution in [0.15, 0.2) is 24.3 Å². The summed E-state index contributed by atoms with van der Waals surface area (Å²) in [7, 11) is 6.28. The molecular formula is C17H26O7. The molecule has 5 atom stereocenters. The van der Waals surface area contributed by atoms with E-state index in [-0.39, 0.29) is 6.61 Å². The Balaban J connectivity index is 2.08. The lowest BCUT2D eigenvalue weighted by molar-refractivity contribution is -0.311. The lowest BCUT2D eigenvalue weighted by atomic mass is 9.98. The Morgan fingerprint density at radius 3 is 2.08 bits per heavy atom. The second kappa shape index (κ2) is 9.31. The number of benzene rings is 1. The van der Waals surface area contributed by atoms with Crippen molar-refractivity contribution in [3.63, 3.8) is 0 Å². The maximum atomic E-state index is 9.64. The number of aliphatic hydroxyl groups excluding tert-OH is 1. The maximum Gasteiger partial charge on any atom is 0.186 e. The minimum atomic E-state index is -0.627. The van der Waals surface area contributed by atoms with Gasteiger partial charge >= 0.3 is 0 Å². The molecule has 1 heterocycles. The Kier molecular flexibility index (Phi) is 7.41. The minimum Gasteiger partial charge on any atom is -0.497 e. The van der Waals surface area contributed by atoms with Gasteiger partial charge in [0.15, 0.2) is 6.29 Å². The van der Waals surface area contributed by atoms with Crippen molar-refractivity contribution >= 4 is 0 Å². The van der Waals surface area contributed by atoms with Crippen molar-refractivity contribution in [2.75, 3.05) is 35.0 Å². The smallest absolute Gasteiger partial charge is 0.186 e. The molecule has 0 amide bonds. The van der Waals surface area contributed by atoms with Crippen LogP contribution in [0.3, 0.4) is 0 Å². The Bertz CT molecular complexity index is 478. The second-order valence-electron chi connectivity index (χ2n) is 5.49. The van der Waals surface area contributed by atoms with Crippen LogP contribution in [0.25, 0.3) is 0 Å².